The molecule has 0 atom stereocenters. The van der Waals surface area contributed by atoms with Crippen LogP contribution in [0.1, 0.15) is 25.7 Å². The Bertz CT molecular complexity index is 185. The van der Waals surface area contributed by atoms with Gasteiger partial charge in [-0.2, -0.15) is 0 Å². The molecule has 1 amide bonds. The Morgan fingerprint density at radius 3 is 2.42 bits per heavy atom. The molecule has 0 radical (unpaired) electrons. The fraction of sp³-hybridized carbons (Fsp3) is 0.750. The molecule has 1 aliphatic rings. The van der Waals surface area contributed by atoms with Gasteiger partial charge in [-0.05, 0) is 12.8 Å². The second-order valence-corrected chi connectivity index (χ2v) is 2.95. The summed E-state index contributed by atoms with van der Waals surface area (Å²) in [6, 6.07) is 0.177. The smallest absolute Gasteiger partial charge is 0.396 e. The Hall–Kier alpha value is -1.06. The van der Waals surface area contributed by atoms with Crippen molar-refractivity contribution in [2.45, 2.75) is 31.7 Å². The highest BCUT2D eigenvalue weighted by atomic mass is 16.5. The average Bonchev–Trinajstić information content (AvgIpc) is 2.55. The van der Waals surface area contributed by atoms with Gasteiger partial charge in [-0.25, -0.2) is 4.79 Å². The van der Waals surface area contributed by atoms with Gasteiger partial charge >= 0.3 is 11.9 Å². The fourth-order valence-electron chi connectivity index (χ4n) is 1.41. The van der Waals surface area contributed by atoms with E-state index in [0.29, 0.717) is 0 Å². The van der Waals surface area contributed by atoms with Crippen molar-refractivity contribution in [1.29, 1.82) is 0 Å². The predicted octanol–water partition coefficient (Wildman–Crippen LogP) is 0.218. The lowest BCUT2D eigenvalue weighted by Gasteiger charge is -2.09. The minimum atomic E-state index is -0.804. The van der Waals surface area contributed by atoms with Crippen LogP contribution in [0.5, 0.6) is 0 Å². The topological polar surface area (TPSA) is 55.4 Å². The molecule has 0 aliphatic heterocycles. The fourth-order valence-corrected chi connectivity index (χ4v) is 1.41. The van der Waals surface area contributed by atoms with Gasteiger partial charge in [-0.3, -0.25) is 4.79 Å². The van der Waals surface area contributed by atoms with Crippen LogP contribution < -0.4 is 5.32 Å². The zero-order valence-electron chi connectivity index (χ0n) is 7.13. The third-order valence-electron chi connectivity index (χ3n) is 2.06. The van der Waals surface area contributed by atoms with Crippen molar-refractivity contribution in [3.05, 3.63) is 0 Å². The quantitative estimate of drug-likeness (QED) is 0.453. The van der Waals surface area contributed by atoms with E-state index in [2.05, 4.69) is 10.1 Å². The molecular weight excluding hydrogens is 158 g/mol. The molecule has 1 aliphatic carbocycles. The molecule has 4 nitrogen and oxygen atoms in total. The van der Waals surface area contributed by atoms with Crippen molar-refractivity contribution < 1.29 is 14.3 Å². The third kappa shape index (κ3) is 2.22. The molecule has 0 bridgehead atoms. The van der Waals surface area contributed by atoms with Crippen LogP contribution in [0.25, 0.3) is 0 Å². The molecule has 1 saturated carbocycles. The number of hydrogen-bond donors (Lipinski definition) is 1. The zero-order valence-corrected chi connectivity index (χ0v) is 7.13. The average molecular weight is 171 g/mol. The number of carbonyl (C=O) groups is 2. The van der Waals surface area contributed by atoms with E-state index >= 15 is 0 Å². The lowest BCUT2D eigenvalue weighted by Crippen LogP contribution is -2.38. The van der Waals surface area contributed by atoms with Crippen molar-refractivity contribution in [2.75, 3.05) is 7.11 Å². The maximum absolute atomic E-state index is 10.9. The first-order valence-electron chi connectivity index (χ1n) is 4.13. The van der Waals surface area contributed by atoms with Gasteiger partial charge in [-0.1, -0.05) is 12.8 Å². The van der Waals surface area contributed by atoms with E-state index in [1.54, 1.807) is 0 Å². The third-order valence-corrected chi connectivity index (χ3v) is 2.06. The summed E-state index contributed by atoms with van der Waals surface area (Å²) >= 11 is 0. The molecule has 0 heterocycles. The summed E-state index contributed by atoms with van der Waals surface area (Å²) in [5.74, 6) is -1.42. The zero-order chi connectivity index (χ0) is 8.97. The number of ether oxygens (including phenoxy) is 1. The molecule has 0 aromatic carbocycles. The monoisotopic (exact) mass is 171 g/mol. The number of hydrogen-bond acceptors (Lipinski definition) is 3. The van der Waals surface area contributed by atoms with Gasteiger partial charge in [0.05, 0.1) is 7.11 Å². The highest BCUT2D eigenvalue weighted by molar-refractivity contribution is 6.32. The molecule has 1 N–H and O–H groups in total. The highest BCUT2D eigenvalue weighted by Gasteiger charge is 2.21. The van der Waals surface area contributed by atoms with E-state index in [1.165, 1.54) is 7.11 Å². The van der Waals surface area contributed by atoms with Gasteiger partial charge in [0.1, 0.15) is 0 Å². The number of amides is 1. The van der Waals surface area contributed by atoms with Gasteiger partial charge < -0.3 is 10.1 Å². The second kappa shape index (κ2) is 4.09. The van der Waals surface area contributed by atoms with E-state index in [9.17, 15) is 9.59 Å². The summed E-state index contributed by atoms with van der Waals surface area (Å²) in [4.78, 5) is 21.6. The molecule has 68 valence electrons. The molecule has 0 aromatic rings. The Labute approximate surface area is 71.3 Å². The van der Waals surface area contributed by atoms with Gasteiger partial charge in [0, 0.05) is 6.04 Å². The SMILES string of the molecule is COC(=O)C(=O)NC1CCCC1. The van der Waals surface area contributed by atoms with Gasteiger partial charge in [0.15, 0.2) is 0 Å². The van der Waals surface area contributed by atoms with E-state index in [1.807, 2.05) is 0 Å². The summed E-state index contributed by atoms with van der Waals surface area (Å²) in [6.45, 7) is 0. The first-order chi connectivity index (χ1) is 5.74. The van der Waals surface area contributed by atoms with E-state index in [4.69, 9.17) is 0 Å². The van der Waals surface area contributed by atoms with E-state index < -0.39 is 11.9 Å². The number of esters is 1. The number of carbonyl (C=O) groups excluding carboxylic acids is 2. The summed E-state index contributed by atoms with van der Waals surface area (Å²) in [6.07, 6.45) is 4.21. The molecular formula is C8H13NO3. The van der Waals surface area contributed by atoms with Crippen molar-refractivity contribution >= 4 is 11.9 Å². The van der Waals surface area contributed by atoms with Crippen LogP contribution in [0, 0.1) is 0 Å². The summed E-state index contributed by atoms with van der Waals surface area (Å²) < 4.78 is 4.27. The van der Waals surface area contributed by atoms with Crippen molar-refractivity contribution in [3.8, 4) is 0 Å². The van der Waals surface area contributed by atoms with Crippen molar-refractivity contribution in [1.82, 2.24) is 5.32 Å². The largest absolute Gasteiger partial charge is 0.462 e. The van der Waals surface area contributed by atoms with Crippen LogP contribution in [-0.4, -0.2) is 25.0 Å². The summed E-state index contributed by atoms with van der Waals surface area (Å²) in [5.41, 5.74) is 0. The first kappa shape index (κ1) is 9.03. The molecule has 1 fully saturated rings. The molecule has 1 rings (SSSR count). The molecule has 12 heavy (non-hydrogen) atoms. The van der Waals surface area contributed by atoms with Gasteiger partial charge in [0.25, 0.3) is 0 Å². The van der Waals surface area contributed by atoms with Crippen LogP contribution in [0.15, 0.2) is 0 Å². The van der Waals surface area contributed by atoms with Gasteiger partial charge in [0.2, 0.25) is 0 Å². The van der Waals surface area contributed by atoms with E-state index in [-0.39, 0.29) is 6.04 Å². The standard InChI is InChI=1S/C8H13NO3/c1-12-8(11)7(10)9-6-4-2-3-5-6/h6H,2-5H2,1H3,(H,9,10). The lowest BCUT2D eigenvalue weighted by atomic mass is 10.2. The maximum Gasteiger partial charge on any atom is 0.396 e. The van der Waals surface area contributed by atoms with Crippen LogP contribution in [0.3, 0.4) is 0 Å². The Morgan fingerprint density at radius 2 is 1.92 bits per heavy atom. The molecule has 0 saturated heterocycles. The van der Waals surface area contributed by atoms with Crippen LogP contribution in [-0.2, 0) is 14.3 Å². The number of nitrogens with one attached hydrogen (secondary N) is 1. The molecule has 0 unspecified atom stereocenters. The molecule has 0 aromatic heterocycles. The van der Waals surface area contributed by atoms with Crippen LogP contribution >= 0.6 is 0 Å². The highest BCUT2D eigenvalue weighted by Crippen LogP contribution is 2.17. The number of rotatable bonds is 1. The lowest BCUT2D eigenvalue weighted by molar-refractivity contribution is -0.153. The first-order valence-corrected chi connectivity index (χ1v) is 4.13. The van der Waals surface area contributed by atoms with Crippen molar-refractivity contribution in [2.24, 2.45) is 0 Å². The minimum Gasteiger partial charge on any atom is -0.462 e. The Balaban J connectivity index is 2.29. The predicted molar refractivity (Wildman–Crippen MR) is 42.4 cm³/mol. The molecule has 0 spiro atoms. The molecule has 4 heteroatoms. The van der Waals surface area contributed by atoms with E-state index in [0.717, 1.165) is 25.7 Å². The number of methoxy groups -OCH3 is 1. The minimum absolute atomic E-state index is 0.177. The maximum atomic E-state index is 10.9. The van der Waals surface area contributed by atoms with Crippen LogP contribution in [0.2, 0.25) is 0 Å². The summed E-state index contributed by atoms with van der Waals surface area (Å²) in [5, 5.41) is 2.62. The normalized spacial score (nSPS) is 17.4. The van der Waals surface area contributed by atoms with Gasteiger partial charge in [-0.15, -0.1) is 0 Å². The Morgan fingerprint density at radius 1 is 1.33 bits per heavy atom. The summed E-state index contributed by atoms with van der Waals surface area (Å²) in [7, 11) is 1.20. The second-order valence-electron chi connectivity index (χ2n) is 2.95. The van der Waals surface area contributed by atoms with Crippen LogP contribution in [0.4, 0.5) is 0 Å². The Kier molecular flexibility index (Phi) is 3.08. The van der Waals surface area contributed by atoms with Crippen molar-refractivity contribution in [3.63, 3.8) is 0 Å².